The van der Waals surface area contributed by atoms with E-state index in [1.54, 1.807) is 0 Å². The predicted molar refractivity (Wildman–Crippen MR) is 46.8 cm³/mol. The van der Waals surface area contributed by atoms with Crippen LogP contribution in [0.3, 0.4) is 0 Å². The number of hydrogen-bond acceptors (Lipinski definition) is 3. The van der Waals surface area contributed by atoms with Gasteiger partial charge in [-0.05, 0) is 0 Å². The minimum atomic E-state index is -0.479. The first-order valence-electron chi connectivity index (χ1n) is 3.44. The second-order valence-corrected chi connectivity index (χ2v) is 3.09. The van der Waals surface area contributed by atoms with Crippen molar-refractivity contribution in [2.75, 3.05) is 17.6 Å². The number of hydrogen-bond donors (Lipinski definition) is 0. The molecule has 0 aromatic rings. The van der Waals surface area contributed by atoms with E-state index in [4.69, 9.17) is 49.0 Å². The second-order valence-electron chi connectivity index (χ2n) is 2.16. The van der Waals surface area contributed by atoms with Crippen molar-refractivity contribution in [1.29, 1.82) is 0 Å². The number of rotatable bonds is 3. The molecule has 72 valence electrons. The van der Waals surface area contributed by atoms with Crippen LogP contribution in [0.1, 0.15) is 0 Å². The van der Waals surface area contributed by atoms with E-state index in [2.05, 4.69) is 0 Å². The third kappa shape index (κ3) is 2.91. The Labute approximate surface area is 85.8 Å². The van der Waals surface area contributed by atoms with Crippen molar-refractivity contribution in [3.8, 4) is 0 Å². The van der Waals surface area contributed by atoms with Gasteiger partial charge in [-0.25, -0.2) is 0 Å². The normalized spacial score (nSPS) is 36.8. The third-order valence-corrected chi connectivity index (χ3v) is 2.04. The highest BCUT2D eigenvalue weighted by Gasteiger charge is 2.28. The lowest BCUT2D eigenvalue weighted by atomic mass is 10.6. The summed E-state index contributed by atoms with van der Waals surface area (Å²) >= 11 is 16.6. The monoisotopic (exact) mass is 234 g/mol. The van der Waals surface area contributed by atoms with Gasteiger partial charge in [0, 0.05) is 0 Å². The van der Waals surface area contributed by atoms with Gasteiger partial charge in [-0.2, -0.15) is 0 Å². The lowest BCUT2D eigenvalue weighted by Gasteiger charge is -2.33. The van der Waals surface area contributed by atoms with Crippen molar-refractivity contribution in [1.82, 2.24) is 0 Å². The van der Waals surface area contributed by atoms with Gasteiger partial charge in [-0.3, -0.25) is 0 Å². The summed E-state index contributed by atoms with van der Waals surface area (Å²) in [7, 11) is 0. The number of halogens is 3. The van der Waals surface area contributed by atoms with Crippen LogP contribution in [0, 0.1) is 0 Å². The van der Waals surface area contributed by atoms with Gasteiger partial charge in [0.15, 0.2) is 18.9 Å². The highest BCUT2D eigenvalue weighted by molar-refractivity contribution is 6.18. The van der Waals surface area contributed by atoms with Crippen LogP contribution in [0.4, 0.5) is 0 Å². The Morgan fingerprint density at radius 1 is 0.667 bits per heavy atom. The minimum absolute atomic E-state index is 0.240. The fourth-order valence-corrected chi connectivity index (χ4v) is 1.26. The SMILES string of the molecule is ClCC1OC(CCl)OC(CCl)O1. The molecule has 0 aliphatic carbocycles. The quantitative estimate of drug-likeness (QED) is 0.698. The van der Waals surface area contributed by atoms with Gasteiger partial charge in [-0.1, -0.05) is 0 Å². The van der Waals surface area contributed by atoms with Crippen LogP contribution in [0.25, 0.3) is 0 Å². The molecule has 1 aliphatic heterocycles. The topological polar surface area (TPSA) is 27.7 Å². The maximum absolute atomic E-state index is 5.53. The van der Waals surface area contributed by atoms with Crippen LogP contribution in [-0.2, 0) is 14.2 Å². The summed E-state index contributed by atoms with van der Waals surface area (Å²) in [6.07, 6.45) is -1.44. The van der Waals surface area contributed by atoms with Crippen LogP contribution in [0.15, 0.2) is 0 Å². The van der Waals surface area contributed by atoms with Crippen LogP contribution >= 0.6 is 34.8 Å². The van der Waals surface area contributed by atoms with Gasteiger partial charge in [0.2, 0.25) is 0 Å². The van der Waals surface area contributed by atoms with E-state index >= 15 is 0 Å². The molecule has 6 heteroatoms. The van der Waals surface area contributed by atoms with E-state index in [1.165, 1.54) is 0 Å². The van der Waals surface area contributed by atoms with E-state index in [0.29, 0.717) is 0 Å². The third-order valence-electron chi connectivity index (χ3n) is 1.29. The van der Waals surface area contributed by atoms with Crippen molar-refractivity contribution in [2.24, 2.45) is 0 Å². The fraction of sp³-hybridized carbons (Fsp3) is 1.00. The van der Waals surface area contributed by atoms with Gasteiger partial charge in [0.25, 0.3) is 0 Å². The molecule has 0 spiro atoms. The summed E-state index contributed by atoms with van der Waals surface area (Å²) in [4.78, 5) is 0. The average molecular weight is 235 g/mol. The zero-order valence-electron chi connectivity index (χ0n) is 6.21. The number of alkyl halides is 3. The van der Waals surface area contributed by atoms with Crippen molar-refractivity contribution in [3.63, 3.8) is 0 Å². The predicted octanol–water partition coefficient (Wildman–Crippen LogP) is 1.74. The first kappa shape index (κ1) is 10.8. The number of ether oxygens (including phenoxy) is 3. The molecule has 0 saturated carbocycles. The molecule has 0 bridgehead atoms. The van der Waals surface area contributed by atoms with Crippen LogP contribution in [0.2, 0.25) is 0 Å². The molecule has 1 saturated heterocycles. The molecule has 1 heterocycles. The molecule has 1 aliphatic rings. The van der Waals surface area contributed by atoms with Gasteiger partial charge in [0.05, 0.1) is 17.6 Å². The first-order chi connectivity index (χ1) is 5.80. The Morgan fingerprint density at radius 2 is 0.917 bits per heavy atom. The average Bonchev–Trinajstić information content (AvgIpc) is 2.16. The largest absolute Gasteiger partial charge is 0.321 e. The van der Waals surface area contributed by atoms with E-state index in [0.717, 1.165) is 0 Å². The summed E-state index contributed by atoms with van der Waals surface area (Å²) < 4.78 is 15.4. The molecule has 0 atom stereocenters. The summed E-state index contributed by atoms with van der Waals surface area (Å²) in [6, 6.07) is 0. The molecule has 0 aromatic carbocycles. The van der Waals surface area contributed by atoms with Crippen LogP contribution in [0.5, 0.6) is 0 Å². The van der Waals surface area contributed by atoms with E-state index in [1.807, 2.05) is 0 Å². The van der Waals surface area contributed by atoms with Gasteiger partial charge < -0.3 is 14.2 Å². The lowest BCUT2D eigenvalue weighted by Crippen LogP contribution is -2.43. The summed E-state index contributed by atoms with van der Waals surface area (Å²) in [6.45, 7) is 0. The maximum Gasteiger partial charge on any atom is 0.177 e. The highest BCUT2D eigenvalue weighted by atomic mass is 35.5. The van der Waals surface area contributed by atoms with Gasteiger partial charge >= 0.3 is 0 Å². The van der Waals surface area contributed by atoms with E-state index in [9.17, 15) is 0 Å². The zero-order valence-corrected chi connectivity index (χ0v) is 8.48. The molecular weight excluding hydrogens is 226 g/mol. The molecule has 3 nitrogen and oxygen atoms in total. The smallest absolute Gasteiger partial charge is 0.177 e. The molecule has 0 radical (unpaired) electrons. The van der Waals surface area contributed by atoms with Gasteiger partial charge in [-0.15, -0.1) is 34.8 Å². The standard InChI is InChI=1S/C6H9Cl3O3/c7-1-4-10-5(2-8)12-6(3-9)11-4/h4-6H,1-3H2. The molecule has 0 aromatic heterocycles. The van der Waals surface area contributed by atoms with Crippen LogP contribution < -0.4 is 0 Å². The van der Waals surface area contributed by atoms with Crippen molar-refractivity contribution in [2.45, 2.75) is 18.9 Å². The Morgan fingerprint density at radius 3 is 1.08 bits per heavy atom. The molecule has 12 heavy (non-hydrogen) atoms. The van der Waals surface area contributed by atoms with Gasteiger partial charge in [0.1, 0.15) is 0 Å². The molecule has 0 N–H and O–H groups in total. The van der Waals surface area contributed by atoms with E-state index in [-0.39, 0.29) is 17.6 Å². The summed E-state index contributed by atoms with van der Waals surface area (Å²) in [5, 5.41) is 0. The summed E-state index contributed by atoms with van der Waals surface area (Å²) in [5.41, 5.74) is 0. The van der Waals surface area contributed by atoms with Crippen molar-refractivity contribution >= 4 is 34.8 Å². The Balaban J connectivity index is 2.41. The second kappa shape index (κ2) is 5.47. The Hall–Kier alpha value is 0.750. The molecular formula is C6H9Cl3O3. The Kier molecular flexibility index (Phi) is 4.94. The Bertz CT molecular complexity index is 105. The maximum atomic E-state index is 5.53. The molecule has 0 unspecified atom stereocenters. The highest BCUT2D eigenvalue weighted by Crippen LogP contribution is 2.18. The first-order valence-corrected chi connectivity index (χ1v) is 5.04. The van der Waals surface area contributed by atoms with Crippen molar-refractivity contribution < 1.29 is 14.2 Å². The van der Waals surface area contributed by atoms with Crippen molar-refractivity contribution in [3.05, 3.63) is 0 Å². The summed E-state index contributed by atoms with van der Waals surface area (Å²) in [5.74, 6) is 0.721. The van der Waals surface area contributed by atoms with E-state index < -0.39 is 18.9 Å². The van der Waals surface area contributed by atoms with Crippen LogP contribution in [-0.4, -0.2) is 36.5 Å². The fourth-order valence-electron chi connectivity index (χ4n) is 0.822. The molecule has 0 amide bonds. The lowest BCUT2D eigenvalue weighted by molar-refractivity contribution is -0.364. The minimum Gasteiger partial charge on any atom is -0.321 e. The molecule has 1 rings (SSSR count). The molecule has 1 fully saturated rings. The zero-order chi connectivity index (χ0) is 8.97.